The second kappa shape index (κ2) is 10.6. The van der Waals surface area contributed by atoms with Crippen molar-refractivity contribution in [3.63, 3.8) is 0 Å². The van der Waals surface area contributed by atoms with Gasteiger partial charge in [-0.2, -0.15) is 5.26 Å². The Morgan fingerprint density at radius 3 is 2.18 bits per heavy atom. The Balaban J connectivity index is 1.32. The third-order valence-corrected chi connectivity index (χ3v) is 9.53. The van der Waals surface area contributed by atoms with Crippen LogP contribution in [0.4, 0.5) is 0 Å². The highest BCUT2D eigenvalue weighted by molar-refractivity contribution is 5.72. The summed E-state index contributed by atoms with van der Waals surface area (Å²) in [7, 11) is 0. The van der Waals surface area contributed by atoms with E-state index in [1.54, 1.807) is 0 Å². The van der Waals surface area contributed by atoms with Gasteiger partial charge in [-0.1, -0.05) is 44.5 Å². The molecule has 3 nitrogen and oxygen atoms in total. The van der Waals surface area contributed by atoms with Crippen LogP contribution in [0.25, 0.3) is 0 Å². The van der Waals surface area contributed by atoms with Crippen LogP contribution in [0.1, 0.15) is 114 Å². The Morgan fingerprint density at radius 2 is 1.64 bits per heavy atom. The maximum absolute atomic E-state index is 12.2. The fourth-order valence-electron chi connectivity index (χ4n) is 7.26. The molecule has 0 radical (unpaired) electrons. The molecule has 1 atom stereocenters. The van der Waals surface area contributed by atoms with E-state index in [0.29, 0.717) is 17.9 Å². The Hall–Kier alpha value is -1.82. The van der Waals surface area contributed by atoms with E-state index in [0.717, 1.165) is 38.5 Å². The van der Waals surface area contributed by atoms with Gasteiger partial charge in [0, 0.05) is 0 Å². The quantitative estimate of drug-likeness (QED) is 0.362. The van der Waals surface area contributed by atoms with Gasteiger partial charge in [-0.25, -0.2) is 0 Å². The molecule has 33 heavy (non-hydrogen) atoms. The van der Waals surface area contributed by atoms with Gasteiger partial charge in [-0.15, -0.1) is 0 Å². The molecule has 4 aliphatic carbocycles. The van der Waals surface area contributed by atoms with Crippen LogP contribution in [0.5, 0.6) is 0 Å². The average Bonchev–Trinajstić information content (AvgIpc) is 2.87. The lowest BCUT2D eigenvalue weighted by Crippen LogP contribution is -2.45. The number of carbonyl (C=O) groups is 1. The number of nitriles is 1. The van der Waals surface area contributed by atoms with Crippen LogP contribution < -0.4 is 0 Å². The maximum Gasteiger partial charge on any atom is 0.308 e. The third-order valence-electron chi connectivity index (χ3n) is 9.53. The lowest BCUT2D eigenvalue weighted by molar-refractivity contribution is -0.149. The van der Waals surface area contributed by atoms with Crippen molar-refractivity contribution in [2.75, 3.05) is 6.61 Å². The van der Waals surface area contributed by atoms with Gasteiger partial charge >= 0.3 is 5.97 Å². The SMILES string of the molecule is CCCOC(=O)[C@H]1CC[C@H](c2ccc(CC(C#N)C34CCC(CCC)(CC3)CC4)cc2)CC1. The highest BCUT2D eigenvalue weighted by atomic mass is 16.5. The fraction of sp³-hybridized carbons (Fsp3) is 0.733. The molecule has 0 spiro atoms. The van der Waals surface area contributed by atoms with Crippen LogP contribution in [0, 0.1) is 34.0 Å². The fourth-order valence-corrected chi connectivity index (χ4v) is 7.26. The van der Waals surface area contributed by atoms with Crippen molar-refractivity contribution in [1.29, 1.82) is 5.26 Å². The molecule has 4 aliphatic rings. The first-order valence-electron chi connectivity index (χ1n) is 13.7. The molecule has 0 aliphatic heterocycles. The molecule has 0 amide bonds. The Morgan fingerprint density at radius 1 is 1.00 bits per heavy atom. The zero-order valence-corrected chi connectivity index (χ0v) is 20.9. The highest BCUT2D eigenvalue weighted by Crippen LogP contribution is 2.61. The first-order valence-corrected chi connectivity index (χ1v) is 13.7. The number of esters is 1. The van der Waals surface area contributed by atoms with Crippen LogP contribution in [0.3, 0.4) is 0 Å². The van der Waals surface area contributed by atoms with Crippen molar-refractivity contribution in [1.82, 2.24) is 0 Å². The minimum atomic E-state index is 0.00456. The molecule has 0 N–H and O–H groups in total. The highest BCUT2D eigenvalue weighted by Gasteiger charge is 2.51. The van der Waals surface area contributed by atoms with Gasteiger partial charge in [0.25, 0.3) is 0 Å². The standard InChI is InChI=1S/C30H43NO2/c1-3-13-29-14-17-30(18-15-29,19-16-29)27(22-31)21-23-5-7-24(8-6-23)25-9-11-26(12-10-25)28(32)33-20-4-2/h5-8,25-27H,3-4,9-21H2,1-2H3/t25-,26-,27?,29?,30?. The molecule has 0 saturated heterocycles. The molecule has 3 heteroatoms. The molecule has 1 aromatic rings. The lowest BCUT2D eigenvalue weighted by atomic mass is 9.49. The van der Waals surface area contributed by atoms with Gasteiger partial charge in [-0.05, 0) is 111 Å². The molecule has 2 bridgehead atoms. The van der Waals surface area contributed by atoms with Crippen molar-refractivity contribution < 1.29 is 9.53 Å². The van der Waals surface area contributed by atoms with Crippen LogP contribution in [-0.4, -0.2) is 12.6 Å². The van der Waals surface area contributed by atoms with E-state index < -0.39 is 0 Å². The van der Waals surface area contributed by atoms with E-state index in [1.807, 2.05) is 6.92 Å². The number of carbonyl (C=O) groups excluding carboxylic acids is 1. The molecular formula is C30H43NO2. The van der Waals surface area contributed by atoms with Gasteiger partial charge in [0.1, 0.15) is 0 Å². The largest absolute Gasteiger partial charge is 0.465 e. The topological polar surface area (TPSA) is 50.1 Å². The molecule has 0 heterocycles. The molecule has 4 fully saturated rings. The second-order valence-corrected chi connectivity index (χ2v) is 11.5. The van der Waals surface area contributed by atoms with E-state index in [2.05, 4.69) is 37.3 Å². The minimum absolute atomic E-state index is 0.00456. The summed E-state index contributed by atoms with van der Waals surface area (Å²) < 4.78 is 5.36. The van der Waals surface area contributed by atoms with Crippen LogP contribution in [0.15, 0.2) is 24.3 Å². The predicted octanol–water partition coefficient (Wildman–Crippen LogP) is 7.74. The number of hydrogen-bond donors (Lipinski definition) is 0. The van der Waals surface area contributed by atoms with E-state index in [-0.39, 0.29) is 23.2 Å². The molecule has 1 unspecified atom stereocenters. The van der Waals surface area contributed by atoms with Crippen LogP contribution in [0.2, 0.25) is 0 Å². The van der Waals surface area contributed by atoms with Gasteiger partial charge < -0.3 is 4.74 Å². The molecular weight excluding hydrogens is 406 g/mol. The van der Waals surface area contributed by atoms with E-state index in [4.69, 9.17) is 4.74 Å². The molecule has 5 rings (SSSR count). The molecule has 0 aromatic heterocycles. The minimum Gasteiger partial charge on any atom is -0.465 e. The summed E-state index contributed by atoms with van der Waals surface area (Å²) >= 11 is 0. The Kier molecular flexibility index (Phi) is 7.83. The first kappa shape index (κ1) is 24.3. The summed E-state index contributed by atoms with van der Waals surface area (Å²) in [5, 5.41) is 10.1. The second-order valence-electron chi connectivity index (χ2n) is 11.5. The Bertz CT molecular complexity index is 803. The van der Waals surface area contributed by atoms with Crippen LogP contribution >= 0.6 is 0 Å². The summed E-state index contributed by atoms with van der Waals surface area (Å²) in [6.45, 7) is 4.90. The van der Waals surface area contributed by atoms with E-state index >= 15 is 0 Å². The maximum atomic E-state index is 12.2. The molecule has 180 valence electrons. The average molecular weight is 450 g/mol. The predicted molar refractivity (Wildman–Crippen MR) is 133 cm³/mol. The van der Waals surface area contributed by atoms with E-state index in [9.17, 15) is 10.1 Å². The van der Waals surface area contributed by atoms with Crippen molar-refractivity contribution in [2.45, 2.75) is 110 Å². The lowest BCUT2D eigenvalue weighted by Gasteiger charge is -2.55. The number of nitrogens with zero attached hydrogens (tertiary/aromatic N) is 1. The summed E-state index contributed by atoms with van der Waals surface area (Å²) in [6, 6.07) is 11.9. The number of rotatable bonds is 9. The molecule has 1 aromatic carbocycles. The summed E-state index contributed by atoms with van der Waals surface area (Å²) in [5.41, 5.74) is 3.57. The summed E-state index contributed by atoms with van der Waals surface area (Å²) in [5.74, 6) is 0.783. The number of ether oxygens (including phenoxy) is 1. The van der Waals surface area contributed by atoms with Crippen molar-refractivity contribution in [3.05, 3.63) is 35.4 Å². The summed E-state index contributed by atoms with van der Waals surface area (Å²) in [4.78, 5) is 12.2. The van der Waals surface area contributed by atoms with Gasteiger partial charge in [0.05, 0.1) is 24.5 Å². The van der Waals surface area contributed by atoms with Crippen LogP contribution in [-0.2, 0) is 16.0 Å². The molecule has 4 saturated carbocycles. The Labute approximate surface area is 201 Å². The van der Waals surface area contributed by atoms with Gasteiger partial charge in [0.15, 0.2) is 0 Å². The number of benzene rings is 1. The van der Waals surface area contributed by atoms with Crippen molar-refractivity contribution in [2.24, 2.45) is 22.7 Å². The van der Waals surface area contributed by atoms with E-state index in [1.165, 1.54) is 62.5 Å². The first-order chi connectivity index (χ1) is 16.0. The number of fused-ring (bicyclic) bond motifs is 3. The smallest absolute Gasteiger partial charge is 0.308 e. The zero-order valence-electron chi connectivity index (χ0n) is 20.9. The summed E-state index contributed by atoms with van der Waals surface area (Å²) in [6.07, 6.45) is 16.3. The monoisotopic (exact) mass is 449 g/mol. The normalized spacial score (nSPS) is 32.2. The van der Waals surface area contributed by atoms with Crippen molar-refractivity contribution >= 4 is 5.97 Å². The zero-order chi connectivity index (χ0) is 23.3. The van der Waals surface area contributed by atoms with Crippen molar-refractivity contribution in [3.8, 4) is 6.07 Å². The van der Waals surface area contributed by atoms with Gasteiger partial charge in [-0.3, -0.25) is 4.79 Å². The number of hydrogen-bond acceptors (Lipinski definition) is 3. The third kappa shape index (κ3) is 5.31. The van der Waals surface area contributed by atoms with Gasteiger partial charge in [0.2, 0.25) is 0 Å².